The van der Waals surface area contributed by atoms with Gasteiger partial charge in [0, 0.05) is 25.2 Å². The van der Waals surface area contributed by atoms with Gasteiger partial charge in [-0.15, -0.1) is 0 Å². The van der Waals surface area contributed by atoms with E-state index in [0.29, 0.717) is 18.7 Å². The number of carbonyl (C=O) groups is 1. The molecule has 2 aromatic carbocycles. The van der Waals surface area contributed by atoms with Crippen LogP contribution in [-0.2, 0) is 13.0 Å². The first-order chi connectivity index (χ1) is 12.7. The molecule has 0 saturated heterocycles. The van der Waals surface area contributed by atoms with E-state index in [1.807, 2.05) is 44.2 Å². The summed E-state index contributed by atoms with van der Waals surface area (Å²) in [4.78, 5) is 16.6. The van der Waals surface area contributed by atoms with Crippen molar-refractivity contribution in [1.29, 1.82) is 0 Å². The number of nitrogens with zero attached hydrogens (tertiary/aromatic N) is 1. The molecule has 0 aliphatic carbocycles. The Morgan fingerprint density at radius 1 is 0.885 bits per heavy atom. The van der Waals surface area contributed by atoms with Crippen LogP contribution < -0.4 is 16.0 Å². The average molecular weight is 352 g/mol. The van der Waals surface area contributed by atoms with Crippen molar-refractivity contribution in [2.24, 2.45) is 4.99 Å². The lowest BCUT2D eigenvalue weighted by molar-refractivity contribution is 0.0955. The summed E-state index contributed by atoms with van der Waals surface area (Å²) >= 11 is 0. The van der Waals surface area contributed by atoms with Crippen molar-refractivity contribution < 1.29 is 4.79 Å². The van der Waals surface area contributed by atoms with Gasteiger partial charge in [-0.05, 0) is 43.5 Å². The molecule has 26 heavy (non-hydrogen) atoms. The van der Waals surface area contributed by atoms with Crippen LogP contribution in [0, 0.1) is 0 Å². The maximum Gasteiger partial charge on any atom is 0.251 e. The number of guanidine groups is 1. The van der Waals surface area contributed by atoms with Crippen LogP contribution in [0.4, 0.5) is 0 Å². The predicted octanol–water partition coefficient (Wildman–Crippen LogP) is 2.73. The third-order valence-corrected chi connectivity index (χ3v) is 3.84. The van der Waals surface area contributed by atoms with Gasteiger partial charge in [0.25, 0.3) is 5.91 Å². The highest BCUT2D eigenvalue weighted by Crippen LogP contribution is 2.07. The van der Waals surface area contributed by atoms with Gasteiger partial charge in [0.05, 0.1) is 6.54 Å². The van der Waals surface area contributed by atoms with Crippen LogP contribution in [0.25, 0.3) is 0 Å². The van der Waals surface area contributed by atoms with Gasteiger partial charge >= 0.3 is 0 Å². The summed E-state index contributed by atoms with van der Waals surface area (Å²) in [7, 11) is 0. The van der Waals surface area contributed by atoms with Crippen molar-refractivity contribution >= 4 is 11.9 Å². The van der Waals surface area contributed by atoms with Gasteiger partial charge in [-0.1, -0.05) is 42.5 Å². The number of hydrogen-bond acceptors (Lipinski definition) is 2. The number of aliphatic imine (C=N–C) groups is 1. The highest BCUT2D eigenvalue weighted by atomic mass is 16.1. The molecule has 0 atom stereocenters. The summed E-state index contributed by atoms with van der Waals surface area (Å²) in [5, 5.41) is 9.43. The van der Waals surface area contributed by atoms with Gasteiger partial charge in [0.15, 0.2) is 5.96 Å². The normalized spacial score (nSPS) is 11.1. The molecule has 5 nitrogen and oxygen atoms in total. The number of rotatable bonds is 8. The van der Waals surface area contributed by atoms with Crippen LogP contribution in [0.5, 0.6) is 0 Å². The van der Waals surface area contributed by atoms with Crippen molar-refractivity contribution in [3.05, 3.63) is 71.3 Å². The Bertz CT molecular complexity index is 713. The molecule has 0 bridgehead atoms. The van der Waals surface area contributed by atoms with E-state index in [1.165, 1.54) is 5.56 Å². The molecule has 5 heteroatoms. The minimum Gasteiger partial charge on any atom is -0.357 e. The smallest absolute Gasteiger partial charge is 0.251 e. The zero-order valence-corrected chi connectivity index (χ0v) is 15.6. The summed E-state index contributed by atoms with van der Waals surface area (Å²) in [6.07, 6.45) is 0.942. The van der Waals surface area contributed by atoms with Crippen molar-refractivity contribution in [3.63, 3.8) is 0 Å². The van der Waals surface area contributed by atoms with Gasteiger partial charge < -0.3 is 16.0 Å². The van der Waals surface area contributed by atoms with E-state index in [9.17, 15) is 4.79 Å². The molecule has 2 aromatic rings. The molecule has 0 heterocycles. The summed E-state index contributed by atoms with van der Waals surface area (Å²) in [6.45, 7) is 6.72. The fraction of sp³-hybridized carbons (Fsp3) is 0.333. The predicted molar refractivity (Wildman–Crippen MR) is 107 cm³/mol. The van der Waals surface area contributed by atoms with Gasteiger partial charge in [-0.3, -0.25) is 4.79 Å². The van der Waals surface area contributed by atoms with Crippen molar-refractivity contribution in [1.82, 2.24) is 16.0 Å². The van der Waals surface area contributed by atoms with Crippen LogP contribution in [0.3, 0.4) is 0 Å². The quantitative estimate of drug-likeness (QED) is 0.506. The van der Waals surface area contributed by atoms with E-state index in [-0.39, 0.29) is 5.91 Å². The number of amides is 1. The second-order valence-electron chi connectivity index (χ2n) is 5.92. The standard InChI is InChI=1S/C21H28N4O/c1-3-22-20(26)19-12-8-11-18(15-19)16-25-21(23-4-2)24-14-13-17-9-6-5-7-10-17/h5-12,15H,3-4,13-14,16H2,1-2H3,(H,22,26)(H2,23,24,25). The first kappa shape index (κ1) is 19.5. The van der Waals surface area contributed by atoms with Gasteiger partial charge in [0.1, 0.15) is 0 Å². The molecule has 138 valence electrons. The SMILES string of the molecule is CCNC(=O)c1cccc(CN=C(NCC)NCCc2ccccc2)c1. The fourth-order valence-electron chi connectivity index (χ4n) is 2.56. The molecule has 0 aliphatic rings. The van der Waals surface area contributed by atoms with Gasteiger partial charge in [0.2, 0.25) is 0 Å². The van der Waals surface area contributed by atoms with E-state index in [4.69, 9.17) is 0 Å². The van der Waals surface area contributed by atoms with Crippen molar-refractivity contribution in [2.75, 3.05) is 19.6 Å². The largest absolute Gasteiger partial charge is 0.357 e. The van der Waals surface area contributed by atoms with E-state index >= 15 is 0 Å². The van der Waals surface area contributed by atoms with E-state index in [1.54, 1.807) is 0 Å². The van der Waals surface area contributed by atoms with Crippen molar-refractivity contribution in [3.8, 4) is 0 Å². The lowest BCUT2D eigenvalue weighted by Crippen LogP contribution is -2.38. The van der Waals surface area contributed by atoms with E-state index in [2.05, 4.69) is 45.2 Å². The van der Waals surface area contributed by atoms with Crippen LogP contribution >= 0.6 is 0 Å². The summed E-state index contributed by atoms with van der Waals surface area (Å²) in [6, 6.07) is 18.0. The molecule has 0 aromatic heterocycles. The lowest BCUT2D eigenvalue weighted by Gasteiger charge is -2.11. The number of carbonyl (C=O) groups excluding carboxylic acids is 1. The summed E-state index contributed by atoms with van der Waals surface area (Å²) in [5.41, 5.74) is 2.97. The van der Waals surface area contributed by atoms with Crippen LogP contribution in [0.1, 0.15) is 35.3 Å². The molecule has 0 saturated carbocycles. The molecule has 0 aliphatic heterocycles. The minimum absolute atomic E-state index is 0.0498. The molecule has 1 amide bonds. The Kier molecular flexibility index (Phi) is 8.19. The van der Waals surface area contributed by atoms with Gasteiger partial charge in [-0.2, -0.15) is 0 Å². The van der Waals surface area contributed by atoms with Crippen LogP contribution in [0.2, 0.25) is 0 Å². The minimum atomic E-state index is -0.0498. The molecule has 0 unspecified atom stereocenters. The molecule has 0 spiro atoms. The second kappa shape index (κ2) is 10.9. The van der Waals surface area contributed by atoms with E-state index < -0.39 is 0 Å². The summed E-state index contributed by atoms with van der Waals surface area (Å²) in [5.74, 6) is 0.734. The Balaban J connectivity index is 1.93. The molecule has 2 rings (SSSR count). The topological polar surface area (TPSA) is 65.5 Å². The average Bonchev–Trinajstić information content (AvgIpc) is 2.67. The Morgan fingerprint density at radius 3 is 2.35 bits per heavy atom. The third-order valence-electron chi connectivity index (χ3n) is 3.84. The highest BCUT2D eigenvalue weighted by Gasteiger charge is 2.05. The van der Waals surface area contributed by atoms with Crippen molar-refractivity contribution in [2.45, 2.75) is 26.8 Å². The Morgan fingerprint density at radius 2 is 1.62 bits per heavy atom. The molecule has 0 fully saturated rings. The molecular formula is C21H28N4O. The second-order valence-corrected chi connectivity index (χ2v) is 5.92. The zero-order chi connectivity index (χ0) is 18.6. The molecule has 0 radical (unpaired) electrons. The molecular weight excluding hydrogens is 324 g/mol. The number of nitrogens with one attached hydrogen (secondary N) is 3. The van der Waals surface area contributed by atoms with Crippen LogP contribution in [-0.4, -0.2) is 31.5 Å². The number of benzene rings is 2. The van der Waals surface area contributed by atoms with E-state index in [0.717, 1.165) is 31.0 Å². The first-order valence-electron chi connectivity index (χ1n) is 9.16. The Hall–Kier alpha value is -2.82. The number of hydrogen-bond donors (Lipinski definition) is 3. The lowest BCUT2D eigenvalue weighted by atomic mass is 10.1. The first-order valence-corrected chi connectivity index (χ1v) is 9.16. The van der Waals surface area contributed by atoms with Crippen LogP contribution in [0.15, 0.2) is 59.6 Å². The maximum absolute atomic E-state index is 11.9. The van der Waals surface area contributed by atoms with Gasteiger partial charge in [-0.25, -0.2) is 4.99 Å². The summed E-state index contributed by atoms with van der Waals surface area (Å²) < 4.78 is 0. The zero-order valence-electron chi connectivity index (χ0n) is 15.6. The maximum atomic E-state index is 11.9. The Labute approximate surface area is 155 Å². The highest BCUT2D eigenvalue weighted by molar-refractivity contribution is 5.94. The fourth-order valence-corrected chi connectivity index (χ4v) is 2.56. The monoisotopic (exact) mass is 352 g/mol. The molecule has 3 N–H and O–H groups in total. The third kappa shape index (κ3) is 6.59.